The van der Waals surface area contributed by atoms with Crippen molar-refractivity contribution >= 4 is 6.08 Å². The number of halogens is 3. The summed E-state index contributed by atoms with van der Waals surface area (Å²) < 4.78 is 42.9. The fourth-order valence-corrected chi connectivity index (χ4v) is 5.76. The van der Waals surface area contributed by atoms with E-state index in [2.05, 4.69) is 41.3 Å². The number of piperidine rings is 1. The Morgan fingerprint density at radius 2 is 1.91 bits per heavy atom. The normalized spacial score (nSPS) is 24.4. The largest absolute Gasteiger partial charge is 0.573 e. The van der Waals surface area contributed by atoms with Gasteiger partial charge in [-0.15, -0.1) is 13.2 Å². The van der Waals surface area contributed by atoms with Crippen molar-refractivity contribution in [2.24, 2.45) is 5.92 Å². The van der Waals surface area contributed by atoms with Gasteiger partial charge in [0.2, 0.25) is 0 Å². The van der Waals surface area contributed by atoms with Gasteiger partial charge >= 0.3 is 6.36 Å². The van der Waals surface area contributed by atoms with E-state index in [0.29, 0.717) is 17.9 Å². The van der Waals surface area contributed by atoms with Crippen LogP contribution in [-0.2, 0) is 12.8 Å². The van der Waals surface area contributed by atoms with Crippen molar-refractivity contribution in [3.05, 3.63) is 58.7 Å². The minimum atomic E-state index is -4.68. The molecule has 0 bridgehead atoms. The Hall–Kier alpha value is -2.27. The summed E-state index contributed by atoms with van der Waals surface area (Å²) in [5, 5.41) is 3.59. The van der Waals surface area contributed by atoms with Crippen molar-refractivity contribution in [2.75, 3.05) is 6.54 Å². The van der Waals surface area contributed by atoms with Crippen LogP contribution in [0.1, 0.15) is 67.2 Å². The highest BCUT2D eigenvalue weighted by Gasteiger charge is 2.33. The summed E-state index contributed by atoms with van der Waals surface area (Å²) in [5.74, 6) is 0.872. The summed E-state index contributed by atoms with van der Waals surface area (Å²) >= 11 is 0. The molecule has 5 rings (SSSR count). The van der Waals surface area contributed by atoms with Crippen molar-refractivity contribution in [3.63, 3.8) is 0 Å². The summed E-state index contributed by atoms with van der Waals surface area (Å²) in [4.78, 5) is 0. The molecule has 0 aromatic heterocycles. The molecule has 1 fully saturated rings. The standard InChI is InChI=1S/C27H30F3NO/c1-17-6-7-18(16-31-17)8-9-20-14-25-22-5-3-2-4-19(22)10-12-24(25)26-15-21(11-13-23(20)26)32-27(28,29)30/h2,4,10-13,15,17-18,20,31H,3,5-9,14,16H2,1H3. The molecule has 1 saturated heterocycles. The molecule has 3 unspecified atom stereocenters. The summed E-state index contributed by atoms with van der Waals surface area (Å²) in [7, 11) is 0. The lowest BCUT2D eigenvalue weighted by molar-refractivity contribution is -0.274. The van der Waals surface area contributed by atoms with E-state index in [0.717, 1.165) is 55.3 Å². The number of ether oxygens (including phenoxy) is 1. The summed E-state index contributed by atoms with van der Waals surface area (Å²) in [6, 6.07) is 9.74. The Kier molecular flexibility index (Phi) is 5.79. The summed E-state index contributed by atoms with van der Waals surface area (Å²) in [5.41, 5.74) is 7.09. The summed E-state index contributed by atoms with van der Waals surface area (Å²) in [6.07, 6.45) is 7.37. The zero-order chi connectivity index (χ0) is 22.3. The number of nitrogens with one attached hydrogen (secondary N) is 1. The second kappa shape index (κ2) is 8.58. The van der Waals surface area contributed by atoms with Crippen LogP contribution < -0.4 is 10.1 Å². The lowest BCUT2D eigenvalue weighted by Gasteiger charge is -2.33. The van der Waals surface area contributed by atoms with Crippen molar-refractivity contribution in [2.45, 2.75) is 70.2 Å². The van der Waals surface area contributed by atoms with Crippen molar-refractivity contribution in [3.8, 4) is 16.9 Å². The van der Waals surface area contributed by atoms with E-state index in [4.69, 9.17) is 0 Å². The lowest BCUT2D eigenvalue weighted by atomic mass is 9.72. The number of allylic oxidation sites excluding steroid dienone is 1. The van der Waals surface area contributed by atoms with Crippen molar-refractivity contribution in [1.29, 1.82) is 0 Å². The third-order valence-corrected chi connectivity index (χ3v) is 7.45. The highest BCUT2D eigenvalue weighted by molar-refractivity contribution is 5.79. The van der Waals surface area contributed by atoms with Gasteiger partial charge in [-0.3, -0.25) is 0 Å². The van der Waals surface area contributed by atoms with E-state index in [1.54, 1.807) is 6.07 Å². The fraction of sp³-hybridized carbons (Fsp3) is 0.481. The SMILES string of the molecule is CC1CCC(CCC2Cc3c(ccc4c3CCC=C4)-c3cc(OC(F)(F)F)ccc32)CN1. The molecule has 1 heterocycles. The van der Waals surface area contributed by atoms with Crippen LogP contribution in [0.3, 0.4) is 0 Å². The average Bonchev–Trinajstić information content (AvgIpc) is 2.77. The number of benzene rings is 2. The molecule has 2 aliphatic carbocycles. The Balaban J connectivity index is 1.48. The first-order valence-corrected chi connectivity index (χ1v) is 11.8. The maximum Gasteiger partial charge on any atom is 0.573 e. The predicted octanol–water partition coefficient (Wildman–Crippen LogP) is 7.02. The van der Waals surface area contributed by atoms with E-state index in [1.807, 2.05) is 6.07 Å². The Labute approximate surface area is 187 Å². The first-order valence-electron chi connectivity index (χ1n) is 11.8. The highest BCUT2D eigenvalue weighted by Crippen LogP contribution is 2.46. The van der Waals surface area contributed by atoms with Crippen LogP contribution in [0.25, 0.3) is 17.2 Å². The third-order valence-electron chi connectivity index (χ3n) is 7.45. The first kappa shape index (κ1) is 21.6. The van der Waals surface area contributed by atoms with Gasteiger partial charge in [-0.05, 0) is 116 Å². The number of fused-ring (bicyclic) bond motifs is 5. The van der Waals surface area contributed by atoms with Gasteiger partial charge in [0.15, 0.2) is 0 Å². The van der Waals surface area contributed by atoms with Crippen LogP contribution in [0, 0.1) is 5.92 Å². The van der Waals surface area contributed by atoms with Crippen LogP contribution in [-0.4, -0.2) is 18.9 Å². The van der Waals surface area contributed by atoms with Crippen molar-refractivity contribution < 1.29 is 17.9 Å². The molecule has 0 saturated carbocycles. The lowest BCUT2D eigenvalue weighted by Crippen LogP contribution is -2.36. The minimum Gasteiger partial charge on any atom is -0.406 e. The molecule has 2 aromatic rings. The molecule has 170 valence electrons. The van der Waals surface area contributed by atoms with Crippen LogP contribution in [0.5, 0.6) is 5.75 Å². The molecule has 0 amide bonds. The molecule has 2 nitrogen and oxygen atoms in total. The molecule has 0 spiro atoms. The van der Waals surface area contributed by atoms with Gasteiger partial charge in [-0.2, -0.15) is 0 Å². The average molecular weight is 442 g/mol. The van der Waals surface area contributed by atoms with Crippen molar-refractivity contribution in [1.82, 2.24) is 5.32 Å². The molecular weight excluding hydrogens is 411 g/mol. The molecule has 0 radical (unpaired) electrons. The predicted molar refractivity (Wildman–Crippen MR) is 122 cm³/mol. The van der Waals surface area contributed by atoms with E-state index < -0.39 is 6.36 Å². The molecule has 1 aliphatic heterocycles. The maximum atomic E-state index is 12.9. The van der Waals surface area contributed by atoms with Gasteiger partial charge in [-0.1, -0.05) is 30.4 Å². The number of alkyl halides is 3. The van der Waals surface area contributed by atoms with Gasteiger partial charge in [0.1, 0.15) is 5.75 Å². The Morgan fingerprint density at radius 3 is 2.69 bits per heavy atom. The van der Waals surface area contributed by atoms with Crippen LogP contribution >= 0.6 is 0 Å². The molecule has 5 heteroatoms. The summed E-state index contributed by atoms with van der Waals surface area (Å²) in [6.45, 7) is 3.30. The first-order chi connectivity index (χ1) is 15.4. The molecular formula is C27H30F3NO. The zero-order valence-corrected chi connectivity index (χ0v) is 18.5. The second-order valence-electron chi connectivity index (χ2n) is 9.63. The Morgan fingerprint density at radius 1 is 1.03 bits per heavy atom. The molecule has 2 aromatic carbocycles. The monoisotopic (exact) mass is 441 g/mol. The smallest absolute Gasteiger partial charge is 0.406 e. The van der Waals surface area contributed by atoms with E-state index >= 15 is 0 Å². The number of hydrogen-bond acceptors (Lipinski definition) is 2. The topological polar surface area (TPSA) is 21.3 Å². The Bertz CT molecular complexity index is 1020. The van der Waals surface area contributed by atoms with Gasteiger partial charge < -0.3 is 10.1 Å². The fourth-order valence-electron chi connectivity index (χ4n) is 5.76. The van der Waals surface area contributed by atoms with Crippen LogP contribution in [0.15, 0.2) is 36.4 Å². The van der Waals surface area contributed by atoms with E-state index in [1.165, 1.54) is 35.6 Å². The van der Waals surface area contributed by atoms with Crippen LogP contribution in [0.4, 0.5) is 13.2 Å². The third kappa shape index (κ3) is 4.45. The van der Waals surface area contributed by atoms with Gasteiger partial charge in [0, 0.05) is 6.04 Å². The highest BCUT2D eigenvalue weighted by atomic mass is 19.4. The number of hydrogen-bond donors (Lipinski definition) is 1. The quantitative estimate of drug-likeness (QED) is 0.550. The minimum absolute atomic E-state index is 0.133. The molecule has 1 N–H and O–H groups in total. The molecule has 32 heavy (non-hydrogen) atoms. The van der Waals surface area contributed by atoms with Gasteiger partial charge in [0.05, 0.1) is 0 Å². The molecule has 3 atom stereocenters. The zero-order valence-electron chi connectivity index (χ0n) is 18.5. The number of rotatable bonds is 4. The van der Waals surface area contributed by atoms with Gasteiger partial charge in [-0.25, -0.2) is 0 Å². The molecule has 3 aliphatic rings. The maximum absolute atomic E-state index is 12.9. The van der Waals surface area contributed by atoms with Crippen LogP contribution in [0.2, 0.25) is 0 Å². The van der Waals surface area contributed by atoms with Gasteiger partial charge in [0.25, 0.3) is 0 Å². The van der Waals surface area contributed by atoms with E-state index in [-0.39, 0.29) is 5.75 Å². The van der Waals surface area contributed by atoms with E-state index in [9.17, 15) is 13.2 Å². The second-order valence-corrected chi connectivity index (χ2v) is 9.63.